The summed E-state index contributed by atoms with van der Waals surface area (Å²) in [5.41, 5.74) is 4.33. The maximum Gasteiger partial charge on any atom is 0.266 e. The first-order chi connectivity index (χ1) is 16.5. The van der Waals surface area contributed by atoms with Gasteiger partial charge >= 0.3 is 0 Å². The van der Waals surface area contributed by atoms with E-state index in [-0.39, 0.29) is 5.91 Å². The zero-order valence-electron chi connectivity index (χ0n) is 18.8. The molecular formula is C27H22BrN3O2S. The Balaban J connectivity index is 1.51. The molecular weight excluding hydrogens is 510 g/mol. The Kier molecular flexibility index (Phi) is 7.51. The highest BCUT2D eigenvalue weighted by atomic mass is 79.9. The van der Waals surface area contributed by atoms with Crippen molar-refractivity contribution in [3.05, 3.63) is 98.4 Å². The summed E-state index contributed by atoms with van der Waals surface area (Å²) in [4.78, 5) is 19.8. The molecule has 0 bridgehead atoms. The molecule has 170 valence electrons. The van der Waals surface area contributed by atoms with E-state index in [4.69, 9.17) is 9.73 Å². The number of ether oxygens (including phenoxy) is 1. The number of aryl methyl sites for hydroxylation is 1. The van der Waals surface area contributed by atoms with Gasteiger partial charge in [0.1, 0.15) is 12.4 Å². The maximum atomic E-state index is 12.8. The summed E-state index contributed by atoms with van der Waals surface area (Å²) in [5, 5.41) is 9.91. The van der Waals surface area contributed by atoms with E-state index < -0.39 is 0 Å². The SMILES string of the molecule is CCc1ccccc1N=C1S/C(=C/c2ccc(OCc3ccccc3C#N)c(Br)c2)C(=O)N1C. The van der Waals surface area contributed by atoms with Crippen molar-refractivity contribution in [3.63, 3.8) is 0 Å². The smallest absolute Gasteiger partial charge is 0.266 e. The molecule has 1 fully saturated rings. The summed E-state index contributed by atoms with van der Waals surface area (Å²) in [6.07, 6.45) is 2.74. The number of aliphatic imine (C=N–C) groups is 1. The fourth-order valence-electron chi connectivity index (χ4n) is 3.46. The maximum absolute atomic E-state index is 12.8. The third-order valence-corrected chi connectivity index (χ3v) is 7.05. The molecule has 1 amide bonds. The van der Waals surface area contributed by atoms with E-state index in [9.17, 15) is 10.1 Å². The number of hydrogen-bond acceptors (Lipinski definition) is 5. The Morgan fingerprint density at radius 3 is 2.59 bits per heavy atom. The molecule has 0 unspecified atom stereocenters. The molecule has 0 aliphatic carbocycles. The first-order valence-corrected chi connectivity index (χ1v) is 12.4. The fourth-order valence-corrected chi connectivity index (χ4v) is 4.95. The van der Waals surface area contributed by atoms with Crippen molar-refractivity contribution < 1.29 is 9.53 Å². The first-order valence-electron chi connectivity index (χ1n) is 10.7. The van der Waals surface area contributed by atoms with Gasteiger partial charge in [0.25, 0.3) is 5.91 Å². The minimum absolute atomic E-state index is 0.0812. The van der Waals surface area contributed by atoms with Crippen molar-refractivity contribution in [2.45, 2.75) is 20.0 Å². The van der Waals surface area contributed by atoms with Crippen molar-refractivity contribution >= 4 is 50.5 Å². The Hall–Kier alpha value is -3.34. The van der Waals surface area contributed by atoms with E-state index >= 15 is 0 Å². The largest absolute Gasteiger partial charge is 0.488 e. The van der Waals surface area contributed by atoms with Crippen LogP contribution in [0.4, 0.5) is 5.69 Å². The molecule has 0 spiro atoms. The number of benzene rings is 3. The van der Waals surface area contributed by atoms with E-state index in [1.807, 2.05) is 60.7 Å². The van der Waals surface area contributed by atoms with Gasteiger partial charge in [-0.15, -0.1) is 0 Å². The summed E-state index contributed by atoms with van der Waals surface area (Å²) in [7, 11) is 1.75. The molecule has 1 heterocycles. The molecule has 3 aromatic carbocycles. The Labute approximate surface area is 211 Å². The third-order valence-electron chi connectivity index (χ3n) is 5.37. The summed E-state index contributed by atoms with van der Waals surface area (Å²) in [5.74, 6) is 0.582. The van der Waals surface area contributed by atoms with Gasteiger partial charge in [0, 0.05) is 12.6 Å². The van der Waals surface area contributed by atoms with Crippen molar-refractivity contribution in [2.24, 2.45) is 4.99 Å². The van der Waals surface area contributed by atoms with Gasteiger partial charge in [-0.1, -0.05) is 49.4 Å². The lowest BCUT2D eigenvalue weighted by Crippen LogP contribution is -2.23. The number of halogens is 1. The van der Waals surface area contributed by atoms with Gasteiger partial charge < -0.3 is 4.74 Å². The van der Waals surface area contributed by atoms with Gasteiger partial charge in [-0.3, -0.25) is 9.69 Å². The lowest BCUT2D eigenvalue weighted by molar-refractivity contribution is -0.121. The number of likely N-dealkylation sites (N-methyl/N-ethyl adjacent to an activating group) is 1. The van der Waals surface area contributed by atoms with Crippen molar-refractivity contribution in [3.8, 4) is 11.8 Å². The Bertz CT molecular complexity index is 1340. The number of para-hydroxylation sites is 1. The second kappa shape index (κ2) is 10.7. The number of carbonyl (C=O) groups excluding carboxylic acids is 1. The molecule has 1 aliphatic heterocycles. The van der Waals surface area contributed by atoms with Crippen molar-refractivity contribution in [1.82, 2.24) is 4.90 Å². The van der Waals surface area contributed by atoms with E-state index in [1.54, 1.807) is 18.0 Å². The quantitative estimate of drug-likeness (QED) is 0.332. The average molecular weight is 532 g/mol. The van der Waals surface area contributed by atoms with Gasteiger partial charge in [0.05, 0.1) is 26.7 Å². The van der Waals surface area contributed by atoms with Crippen LogP contribution in [0, 0.1) is 11.3 Å². The third kappa shape index (κ3) is 5.24. The second-order valence-corrected chi connectivity index (χ2v) is 9.46. The molecule has 7 heteroatoms. The molecule has 3 aromatic rings. The van der Waals surface area contributed by atoms with Crippen LogP contribution in [-0.4, -0.2) is 23.0 Å². The second-order valence-electron chi connectivity index (χ2n) is 7.60. The first kappa shape index (κ1) is 23.8. The molecule has 34 heavy (non-hydrogen) atoms. The minimum Gasteiger partial charge on any atom is -0.488 e. The van der Waals surface area contributed by atoms with Gasteiger partial charge in [0.15, 0.2) is 5.17 Å². The molecule has 4 rings (SSSR count). The molecule has 0 saturated carbocycles. The standard InChI is InChI=1S/C27H22BrN3O2S/c1-3-19-8-6-7-11-23(19)30-27-31(2)26(32)25(34-27)15-18-12-13-24(22(28)14-18)33-17-21-10-5-4-9-20(21)16-29/h4-15H,3,17H2,1-2H3/b25-15+,30-27?. The highest BCUT2D eigenvalue weighted by Crippen LogP contribution is 2.35. The van der Waals surface area contributed by atoms with Gasteiger partial charge in [-0.05, 0) is 75.6 Å². The Morgan fingerprint density at radius 2 is 1.85 bits per heavy atom. The van der Waals surface area contributed by atoms with Crippen LogP contribution >= 0.6 is 27.7 Å². The number of nitriles is 1. The van der Waals surface area contributed by atoms with Crippen LogP contribution in [0.25, 0.3) is 6.08 Å². The topological polar surface area (TPSA) is 65.7 Å². The van der Waals surface area contributed by atoms with Crippen LogP contribution in [0.5, 0.6) is 5.75 Å². The normalized spacial score (nSPS) is 15.7. The lowest BCUT2D eigenvalue weighted by Gasteiger charge is -2.10. The highest BCUT2D eigenvalue weighted by molar-refractivity contribution is 9.10. The van der Waals surface area contributed by atoms with Crippen LogP contribution in [0.2, 0.25) is 0 Å². The molecule has 1 aliphatic rings. The number of amidine groups is 1. The molecule has 0 aromatic heterocycles. The van der Waals surface area contributed by atoms with Crippen molar-refractivity contribution in [1.29, 1.82) is 5.26 Å². The number of nitrogens with zero attached hydrogens (tertiary/aromatic N) is 3. The number of hydrogen-bond donors (Lipinski definition) is 0. The number of carbonyl (C=O) groups is 1. The van der Waals surface area contributed by atoms with Crippen LogP contribution in [0.1, 0.15) is 29.2 Å². The molecule has 0 atom stereocenters. The van der Waals surface area contributed by atoms with Crippen molar-refractivity contribution in [2.75, 3.05) is 7.05 Å². The Morgan fingerprint density at radius 1 is 1.12 bits per heavy atom. The van der Waals surface area contributed by atoms with E-state index in [1.165, 1.54) is 11.8 Å². The summed E-state index contributed by atoms with van der Waals surface area (Å²) in [6, 6.07) is 23.2. The van der Waals surface area contributed by atoms with E-state index in [2.05, 4.69) is 35.0 Å². The van der Waals surface area contributed by atoms with Gasteiger partial charge in [-0.2, -0.15) is 5.26 Å². The van der Waals surface area contributed by atoms with Crippen LogP contribution in [-0.2, 0) is 17.8 Å². The molecule has 0 radical (unpaired) electrons. The van der Waals surface area contributed by atoms with E-state index in [0.29, 0.717) is 28.0 Å². The predicted molar refractivity (Wildman–Crippen MR) is 141 cm³/mol. The summed E-state index contributed by atoms with van der Waals surface area (Å²) < 4.78 is 6.68. The van der Waals surface area contributed by atoms with E-state index in [0.717, 1.165) is 33.3 Å². The van der Waals surface area contributed by atoms with Gasteiger partial charge in [-0.25, -0.2) is 4.99 Å². The van der Waals surface area contributed by atoms with Crippen LogP contribution < -0.4 is 4.74 Å². The summed E-state index contributed by atoms with van der Waals surface area (Å²) >= 11 is 4.93. The number of rotatable bonds is 6. The van der Waals surface area contributed by atoms with Crippen LogP contribution in [0.3, 0.4) is 0 Å². The average Bonchev–Trinajstić information content (AvgIpc) is 3.11. The van der Waals surface area contributed by atoms with Gasteiger partial charge in [0.2, 0.25) is 0 Å². The summed E-state index contributed by atoms with van der Waals surface area (Å²) in [6.45, 7) is 2.38. The highest BCUT2D eigenvalue weighted by Gasteiger charge is 2.30. The minimum atomic E-state index is -0.0812. The molecule has 1 saturated heterocycles. The molecule has 5 nitrogen and oxygen atoms in total. The zero-order valence-corrected chi connectivity index (χ0v) is 21.2. The van der Waals surface area contributed by atoms with Crippen LogP contribution in [0.15, 0.2) is 81.1 Å². The lowest BCUT2D eigenvalue weighted by atomic mass is 10.1. The monoisotopic (exact) mass is 531 g/mol. The zero-order chi connectivity index (χ0) is 24.1. The molecule has 0 N–H and O–H groups in total. The predicted octanol–water partition coefficient (Wildman–Crippen LogP) is 6.70. The fraction of sp³-hybridized carbons (Fsp3) is 0.148. The number of amides is 1. The number of thioether (sulfide) groups is 1.